The first-order chi connectivity index (χ1) is 9.65. The second-order valence-electron chi connectivity index (χ2n) is 4.09. The zero-order valence-corrected chi connectivity index (χ0v) is 11.7. The number of rotatable bonds is 2. The summed E-state index contributed by atoms with van der Waals surface area (Å²) in [5.41, 5.74) is -0.205. The number of ether oxygens (including phenoxy) is 1. The van der Waals surface area contributed by atoms with Crippen molar-refractivity contribution in [1.29, 1.82) is 0 Å². The molecular weight excluding hydrogens is 300 g/mol. The molecule has 102 valence electrons. The van der Waals surface area contributed by atoms with Crippen LogP contribution in [0.15, 0.2) is 35.4 Å². The number of fused-ring (bicyclic) bond motifs is 1. The van der Waals surface area contributed by atoms with Gasteiger partial charge in [-0.05, 0) is 12.1 Å². The van der Waals surface area contributed by atoms with Crippen molar-refractivity contribution >= 4 is 29.3 Å². The van der Waals surface area contributed by atoms with Crippen LogP contribution in [0, 0.1) is 0 Å². The molecule has 0 saturated carbocycles. The summed E-state index contributed by atoms with van der Waals surface area (Å²) < 4.78 is 5.81. The molecule has 0 radical (unpaired) electrons. The van der Waals surface area contributed by atoms with E-state index in [1.165, 1.54) is 6.20 Å². The smallest absolute Gasteiger partial charge is 0.356 e. The van der Waals surface area contributed by atoms with Crippen LogP contribution in [0.5, 0.6) is 5.75 Å². The zero-order chi connectivity index (χ0) is 14.1. The number of hydrogen-bond donors (Lipinski definition) is 1. The lowest BCUT2D eigenvalue weighted by molar-refractivity contribution is 0.0689. The van der Waals surface area contributed by atoms with Crippen molar-refractivity contribution in [2.24, 2.45) is 0 Å². The van der Waals surface area contributed by atoms with Crippen LogP contribution in [0.25, 0.3) is 0 Å². The summed E-state index contributed by atoms with van der Waals surface area (Å²) in [6, 6.07) is 7.66. The van der Waals surface area contributed by atoms with Crippen LogP contribution in [0.4, 0.5) is 0 Å². The molecule has 7 heteroatoms. The van der Waals surface area contributed by atoms with E-state index in [9.17, 15) is 4.79 Å². The van der Waals surface area contributed by atoms with Crippen LogP contribution in [-0.4, -0.2) is 26.8 Å². The normalized spacial score (nSPS) is 17.1. The van der Waals surface area contributed by atoms with Crippen molar-refractivity contribution in [2.45, 2.75) is 11.0 Å². The van der Waals surface area contributed by atoms with E-state index in [-0.39, 0.29) is 16.8 Å². The molecule has 1 aromatic carbocycles. The van der Waals surface area contributed by atoms with E-state index in [0.29, 0.717) is 11.6 Å². The minimum absolute atomic E-state index is 0.0186. The molecule has 0 fully saturated rings. The lowest BCUT2D eigenvalue weighted by Crippen LogP contribution is -2.19. The maximum atomic E-state index is 11.0. The number of benzene rings is 1. The lowest BCUT2D eigenvalue weighted by atomic mass is 10.3. The quantitative estimate of drug-likeness (QED) is 0.919. The number of nitrogens with zero attached hydrogens (tertiary/aromatic N) is 2. The molecule has 0 bridgehead atoms. The van der Waals surface area contributed by atoms with Gasteiger partial charge in [0.1, 0.15) is 5.75 Å². The fourth-order valence-corrected chi connectivity index (χ4v) is 2.99. The van der Waals surface area contributed by atoms with Crippen molar-refractivity contribution < 1.29 is 14.6 Å². The Kier molecular flexibility index (Phi) is 3.50. The zero-order valence-electron chi connectivity index (χ0n) is 10.1. The van der Waals surface area contributed by atoms with Crippen LogP contribution in [-0.2, 0) is 0 Å². The third-order valence-corrected chi connectivity index (χ3v) is 4.16. The van der Waals surface area contributed by atoms with Crippen molar-refractivity contribution in [1.82, 2.24) is 9.97 Å². The highest BCUT2D eigenvalue weighted by Crippen LogP contribution is 2.39. The summed E-state index contributed by atoms with van der Waals surface area (Å²) in [7, 11) is 0. The number of carboxylic acid groups (broad SMARTS) is 1. The Bertz CT molecular complexity index is 680. The molecular formula is C13H9ClN2O3S. The summed E-state index contributed by atoms with van der Waals surface area (Å²) in [6.45, 7) is 0. The minimum Gasteiger partial charge on any atom is -0.480 e. The molecule has 1 aliphatic rings. The number of hydrogen-bond acceptors (Lipinski definition) is 5. The Balaban J connectivity index is 1.92. The van der Waals surface area contributed by atoms with E-state index in [1.54, 1.807) is 11.8 Å². The van der Waals surface area contributed by atoms with Gasteiger partial charge in [0.05, 0.1) is 11.2 Å². The van der Waals surface area contributed by atoms with Gasteiger partial charge in [0.25, 0.3) is 0 Å². The van der Waals surface area contributed by atoms with E-state index < -0.39 is 5.97 Å². The van der Waals surface area contributed by atoms with Crippen molar-refractivity contribution in [2.75, 3.05) is 5.75 Å². The summed E-state index contributed by atoms with van der Waals surface area (Å²) in [6.07, 6.45) is 0.910. The highest BCUT2D eigenvalue weighted by molar-refractivity contribution is 7.99. The molecule has 20 heavy (non-hydrogen) atoms. The molecule has 0 spiro atoms. The van der Waals surface area contributed by atoms with Crippen molar-refractivity contribution in [3.63, 3.8) is 0 Å². The lowest BCUT2D eigenvalue weighted by Gasteiger charge is -2.24. The molecule has 2 heterocycles. The predicted molar refractivity (Wildman–Crippen MR) is 74.5 cm³/mol. The Labute approximate surface area is 124 Å². The number of carboxylic acids is 1. The first kappa shape index (κ1) is 13.2. The Morgan fingerprint density at radius 3 is 3.05 bits per heavy atom. The molecule has 3 rings (SSSR count). The number of aromatic nitrogens is 2. The van der Waals surface area contributed by atoms with Gasteiger partial charge in [0.2, 0.25) is 0 Å². The fraction of sp³-hybridized carbons (Fsp3) is 0.154. The standard InChI is InChI=1S/C13H9ClN2O3S/c14-7-5-15-12(16-11(7)13(17)18)9-6-20-10-4-2-1-3-8(10)19-9/h1-5,9H,6H2,(H,17,18). The number of carbonyl (C=O) groups is 1. The van der Waals surface area contributed by atoms with Gasteiger partial charge in [-0.15, -0.1) is 11.8 Å². The summed E-state index contributed by atoms with van der Waals surface area (Å²) in [5.74, 6) is 0.526. The molecule has 1 aliphatic heterocycles. The predicted octanol–water partition coefficient (Wildman–Crippen LogP) is 3.05. The molecule has 2 aromatic rings. The first-order valence-electron chi connectivity index (χ1n) is 5.79. The third kappa shape index (κ3) is 2.44. The molecule has 0 aliphatic carbocycles. The fourth-order valence-electron chi connectivity index (χ4n) is 1.83. The molecule has 1 aromatic heterocycles. The molecule has 5 nitrogen and oxygen atoms in total. The maximum Gasteiger partial charge on any atom is 0.356 e. The van der Waals surface area contributed by atoms with Gasteiger partial charge < -0.3 is 9.84 Å². The van der Waals surface area contributed by atoms with E-state index in [0.717, 1.165) is 10.6 Å². The number of aromatic carboxylic acids is 1. The van der Waals surface area contributed by atoms with Crippen molar-refractivity contribution in [3.8, 4) is 5.75 Å². The topological polar surface area (TPSA) is 72.3 Å². The van der Waals surface area contributed by atoms with E-state index in [4.69, 9.17) is 21.4 Å². The van der Waals surface area contributed by atoms with Gasteiger partial charge in [0, 0.05) is 10.6 Å². The summed E-state index contributed by atoms with van der Waals surface area (Å²) in [4.78, 5) is 20.1. The van der Waals surface area contributed by atoms with Gasteiger partial charge in [-0.3, -0.25) is 0 Å². The Morgan fingerprint density at radius 2 is 2.25 bits per heavy atom. The van der Waals surface area contributed by atoms with E-state index in [1.807, 2.05) is 24.3 Å². The monoisotopic (exact) mass is 308 g/mol. The Hall–Kier alpha value is -1.79. The highest BCUT2D eigenvalue weighted by atomic mass is 35.5. The minimum atomic E-state index is -1.18. The Morgan fingerprint density at radius 1 is 1.45 bits per heavy atom. The summed E-state index contributed by atoms with van der Waals surface area (Å²) >= 11 is 7.38. The molecule has 1 atom stereocenters. The highest BCUT2D eigenvalue weighted by Gasteiger charge is 2.25. The van der Waals surface area contributed by atoms with Gasteiger partial charge in [-0.1, -0.05) is 23.7 Å². The van der Waals surface area contributed by atoms with Crippen LogP contribution in [0.1, 0.15) is 22.4 Å². The maximum absolute atomic E-state index is 11.0. The van der Waals surface area contributed by atoms with Crippen LogP contribution >= 0.6 is 23.4 Å². The van der Waals surface area contributed by atoms with Gasteiger partial charge in [-0.25, -0.2) is 14.8 Å². The second kappa shape index (κ2) is 5.30. The largest absolute Gasteiger partial charge is 0.480 e. The first-order valence-corrected chi connectivity index (χ1v) is 7.15. The second-order valence-corrected chi connectivity index (χ2v) is 5.56. The average Bonchev–Trinajstić information content (AvgIpc) is 2.47. The number of halogens is 1. The third-order valence-electron chi connectivity index (χ3n) is 2.76. The number of para-hydroxylation sites is 1. The number of thioether (sulfide) groups is 1. The van der Waals surface area contributed by atoms with Gasteiger partial charge in [-0.2, -0.15) is 0 Å². The van der Waals surface area contributed by atoms with Crippen molar-refractivity contribution in [3.05, 3.63) is 47.0 Å². The van der Waals surface area contributed by atoms with Gasteiger partial charge in [0.15, 0.2) is 17.6 Å². The van der Waals surface area contributed by atoms with E-state index in [2.05, 4.69) is 9.97 Å². The van der Waals surface area contributed by atoms with E-state index >= 15 is 0 Å². The molecule has 1 N–H and O–H groups in total. The summed E-state index contributed by atoms with van der Waals surface area (Å²) in [5, 5.41) is 9.04. The molecule has 0 saturated heterocycles. The SMILES string of the molecule is O=C(O)c1nc(C2CSc3ccccc3O2)ncc1Cl. The molecule has 0 amide bonds. The van der Waals surface area contributed by atoms with Crippen LogP contribution in [0.3, 0.4) is 0 Å². The average molecular weight is 309 g/mol. The van der Waals surface area contributed by atoms with Crippen LogP contribution in [0.2, 0.25) is 5.02 Å². The van der Waals surface area contributed by atoms with Gasteiger partial charge >= 0.3 is 5.97 Å². The van der Waals surface area contributed by atoms with Crippen LogP contribution < -0.4 is 4.74 Å². The molecule has 1 unspecified atom stereocenters.